The zero-order valence-electron chi connectivity index (χ0n) is 11.0. The van der Waals surface area contributed by atoms with E-state index < -0.39 is 0 Å². The van der Waals surface area contributed by atoms with E-state index in [2.05, 4.69) is 24.2 Å². The number of likely N-dealkylation sites (N-methyl/N-ethyl adjacent to an activating group) is 2. The van der Waals surface area contributed by atoms with Crippen LogP contribution in [0.1, 0.15) is 25.3 Å². The molecule has 0 saturated heterocycles. The maximum Gasteiger partial charge on any atom is 0.127 e. The van der Waals surface area contributed by atoms with E-state index in [1.54, 1.807) is 6.07 Å². The van der Waals surface area contributed by atoms with E-state index in [4.69, 9.17) is 0 Å². The quantitative estimate of drug-likeness (QED) is 0.785. The van der Waals surface area contributed by atoms with Gasteiger partial charge in [0.15, 0.2) is 0 Å². The molecule has 0 saturated carbocycles. The Morgan fingerprint density at radius 2 is 2.06 bits per heavy atom. The van der Waals surface area contributed by atoms with E-state index in [1.165, 1.54) is 6.07 Å². The summed E-state index contributed by atoms with van der Waals surface area (Å²) in [6, 6.07) is 7.46. The van der Waals surface area contributed by atoms with Gasteiger partial charge in [-0.1, -0.05) is 31.5 Å². The number of hydrogen-bond donors (Lipinski definition) is 1. The van der Waals surface area contributed by atoms with Gasteiger partial charge in [-0.05, 0) is 26.6 Å². The fraction of sp³-hybridized carbons (Fsp3) is 0.571. The molecule has 1 rings (SSSR count). The van der Waals surface area contributed by atoms with Crippen LogP contribution in [0.2, 0.25) is 0 Å². The highest BCUT2D eigenvalue weighted by molar-refractivity contribution is 5.17. The number of nitrogens with one attached hydrogen (secondary N) is 1. The summed E-state index contributed by atoms with van der Waals surface area (Å²) in [6.45, 7) is 3.79. The van der Waals surface area contributed by atoms with Gasteiger partial charge in [-0.3, -0.25) is 4.90 Å². The number of nitrogens with zero attached hydrogens (tertiary/aromatic N) is 1. The van der Waals surface area contributed by atoms with Crippen LogP contribution < -0.4 is 5.32 Å². The van der Waals surface area contributed by atoms with Crippen molar-refractivity contribution in [3.05, 3.63) is 35.6 Å². The van der Waals surface area contributed by atoms with Gasteiger partial charge in [-0.15, -0.1) is 0 Å². The van der Waals surface area contributed by atoms with Gasteiger partial charge in [-0.2, -0.15) is 0 Å². The lowest BCUT2D eigenvalue weighted by molar-refractivity contribution is 0.215. The zero-order chi connectivity index (χ0) is 12.7. The Hall–Kier alpha value is -0.930. The number of benzene rings is 1. The van der Waals surface area contributed by atoms with Crippen LogP contribution in [0.15, 0.2) is 24.3 Å². The van der Waals surface area contributed by atoms with Crippen molar-refractivity contribution in [3.63, 3.8) is 0 Å². The predicted octanol–water partition coefficient (Wildman–Crippen LogP) is 2.65. The monoisotopic (exact) mass is 238 g/mol. The molecule has 17 heavy (non-hydrogen) atoms. The molecule has 1 aromatic carbocycles. The molecule has 1 unspecified atom stereocenters. The molecule has 0 radical (unpaired) electrons. The molecule has 96 valence electrons. The van der Waals surface area contributed by atoms with Crippen LogP contribution in [-0.4, -0.2) is 31.6 Å². The summed E-state index contributed by atoms with van der Waals surface area (Å²) in [4.78, 5) is 2.22. The summed E-state index contributed by atoms with van der Waals surface area (Å²) >= 11 is 0. The minimum Gasteiger partial charge on any atom is -0.318 e. The largest absolute Gasteiger partial charge is 0.318 e. The molecule has 0 amide bonds. The predicted molar refractivity (Wildman–Crippen MR) is 70.5 cm³/mol. The highest BCUT2D eigenvalue weighted by Gasteiger charge is 2.14. The van der Waals surface area contributed by atoms with Crippen LogP contribution in [0.3, 0.4) is 0 Å². The molecule has 1 atom stereocenters. The minimum atomic E-state index is -0.112. The van der Waals surface area contributed by atoms with Crippen molar-refractivity contribution in [2.24, 2.45) is 0 Å². The third-order valence-corrected chi connectivity index (χ3v) is 3.06. The van der Waals surface area contributed by atoms with Gasteiger partial charge in [0.2, 0.25) is 0 Å². The Labute approximate surface area is 104 Å². The van der Waals surface area contributed by atoms with Crippen LogP contribution in [0, 0.1) is 5.82 Å². The lowest BCUT2D eigenvalue weighted by Crippen LogP contribution is -2.38. The summed E-state index contributed by atoms with van der Waals surface area (Å²) in [6.07, 6.45) is 2.28. The summed E-state index contributed by atoms with van der Waals surface area (Å²) in [5, 5.41) is 3.20. The molecule has 0 fully saturated rings. The molecular formula is C14H23FN2. The normalized spacial score (nSPS) is 13.0. The van der Waals surface area contributed by atoms with Crippen molar-refractivity contribution < 1.29 is 4.39 Å². The number of halogens is 1. The van der Waals surface area contributed by atoms with E-state index in [1.807, 2.05) is 19.2 Å². The molecule has 0 spiro atoms. The number of rotatable bonds is 7. The summed E-state index contributed by atoms with van der Waals surface area (Å²) < 4.78 is 13.5. The van der Waals surface area contributed by atoms with E-state index in [-0.39, 0.29) is 5.82 Å². The molecule has 0 aliphatic carbocycles. The molecule has 0 aliphatic rings. The minimum absolute atomic E-state index is 0.112. The van der Waals surface area contributed by atoms with Crippen LogP contribution in [0.4, 0.5) is 4.39 Å². The summed E-state index contributed by atoms with van der Waals surface area (Å²) in [5.41, 5.74) is 0.771. The number of hydrogen-bond acceptors (Lipinski definition) is 2. The van der Waals surface area contributed by atoms with Crippen molar-refractivity contribution in [2.45, 2.75) is 32.4 Å². The van der Waals surface area contributed by atoms with Crippen molar-refractivity contribution in [1.29, 1.82) is 0 Å². The van der Waals surface area contributed by atoms with Gasteiger partial charge in [-0.25, -0.2) is 4.39 Å². The van der Waals surface area contributed by atoms with Crippen LogP contribution in [-0.2, 0) is 6.54 Å². The Morgan fingerprint density at radius 3 is 2.65 bits per heavy atom. The van der Waals surface area contributed by atoms with E-state index >= 15 is 0 Å². The first-order valence-electron chi connectivity index (χ1n) is 6.27. The van der Waals surface area contributed by atoms with E-state index in [0.717, 1.165) is 24.9 Å². The SMILES string of the molecule is CCCC(CNC)N(C)Cc1ccccc1F. The van der Waals surface area contributed by atoms with Crippen molar-refractivity contribution in [1.82, 2.24) is 10.2 Å². The Kier molecular flexibility index (Phi) is 6.16. The summed E-state index contributed by atoms with van der Waals surface area (Å²) in [7, 11) is 4.02. The molecule has 1 N–H and O–H groups in total. The first-order valence-corrected chi connectivity index (χ1v) is 6.27. The van der Waals surface area contributed by atoms with Crippen LogP contribution >= 0.6 is 0 Å². The van der Waals surface area contributed by atoms with Crippen molar-refractivity contribution in [2.75, 3.05) is 20.6 Å². The molecule has 1 aromatic rings. The third-order valence-electron chi connectivity index (χ3n) is 3.06. The fourth-order valence-electron chi connectivity index (χ4n) is 2.07. The zero-order valence-corrected chi connectivity index (χ0v) is 11.0. The lowest BCUT2D eigenvalue weighted by atomic mass is 10.1. The smallest absolute Gasteiger partial charge is 0.127 e. The standard InChI is InChI=1S/C14H23FN2/c1-4-7-13(10-16-2)17(3)11-12-8-5-6-9-14(12)15/h5-6,8-9,13,16H,4,7,10-11H2,1-3H3. The molecule has 0 heterocycles. The Balaban J connectivity index is 2.62. The Bertz CT molecular complexity index is 322. The second kappa shape index (κ2) is 7.41. The molecule has 0 aliphatic heterocycles. The van der Waals surface area contributed by atoms with Gasteiger partial charge in [0.25, 0.3) is 0 Å². The molecule has 0 aromatic heterocycles. The maximum absolute atomic E-state index is 13.5. The van der Waals surface area contributed by atoms with Gasteiger partial charge in [0.1, 0.15) is 5.82 Å². The lowest BCUT2D eigenvalue weighted by Gasteiger charge is -2.28. The van der Waals surface area contributed by atoms with E-state index in [9.17, 15) is 4.39 Å². The first kappa shape index (κ1) is 14.1. The Morgan fingerprint density at radius 1 is 1.35 bits per heavy atom. The van der Waals surface area contributed by atoms with E-state index in [0.29, 0.717) is 12.6 Å². The third kappa shape index (κ3) is 4.44. The highest BCUT2D eigenvalue weighted by Crippen LogP contribution is 2.12. The second-order valence-corrected chi connectivity index (χ2v) is 4.51. The van der Waals surface area contributed by atoms with Crippen molar-refractivity contribution >= 4 is 0 Å². The maximum atomic E-state index is 13.5. The van der Waals surface area contributed by atoms with Crippen LogP contribution in [0.25, 0.3) is 0 Å². The van der Waals surface area contributed by atoms with Crippen molar-refractivity contribution in [3.8, 4) is 0 Å². The molecule has 0 bridgehead atoms. The average molecular weight is 238 g/mol. The second-order valence-electron chi connectivity index (χ2n) is 4.51. The van der Waals surface area contributed by atoms with Gasteiger partial charge >= 0.3 is 0 Å². The fourth-order valence-corrected chi connectivity index (χ4v) is 2.07. The van der Waals surface area contributed by atoms with Gasteiger partial charge < -0.3 is 5.32 Å². The first-order chi connectivity index (χ1) is 8.19. The molecular weight excluding hydrogens is 215 g/mol. The summed E-state index contributed by atoms with van der Waals surface area (Å²) in [5.74, 6) is -0.112. The van der Waals surface area contributed by atoms with Crippen LogP contribution in [0.5, 0.6) is 0 Å². The molecule has 2 nitrogen and oxygen atoms in total. The van der Waals surface area contributed by atoms with Gasteiger partial charge in [0.05, 0.1) is 0 Å². The highest BCUT2D eigenvalue weighted by atomic mass is 19.1. The van der Waals surface area contributed by atoms with Gasteiger partial charge in [0, 0.05) is 24.7 Å². The molecule has 3 heteroatoms. The topological polar surface area (TPSA) is 15.3 Å². The average Bonchev–Trinajstić information content (AvgIpc) is 2.32.